The maximum Gasteiger partial charge on any atom is 0.307 e. The molecule has 0 amide bonds. The Labute approximate surface area is 131 Å². The first kappa shape index (κ1) is 14.9. The predicted octanol–water partition coefficient (Wildman–Crippen LogP) is 2.22. The Kier molecular flexibility index (Phi) is 3.86. The molecule has 1 aromatic heterocycles. The molecule has 3 rings (SSSR count). The fraction of sp³-hybridized carbons (Fsp3) is 0.125. The van der Waals surface area contributed by atoms with Crippen LogP contribution in [0, 0.1) is 5.21 Å². The van der Waals surface area contributed by atoms with Crippen LogP contribution in [0.3, 0.4) is 0 Å². The van der Waals surface area contributed by atoms with E-state index in [0.29, 0.717) is 28.1 Å². The van der Waals surface area contributed by atoms with Crippen LogP contribution in [0.15, 0.2) is 48.5 Å². The van der Waals surface area contributed by atoms with E-state index in [1.165, 1.54) is 0 Å². The molecule has 0 unspecified atom stereocenters. The Morgan fingerprint density at radius 3 is 2.61 bits per heavy atom. The zero-order valence-corrected chi connectivity index (χ0v) is 12.1. The van der Waals surface area contributed by atoms with Crippen molar-refractivity contribution in [1.29, 1.82) is 0 Å². The summed E-state index contributed by atoms with van der Waals surface area (Å²) >= 11 is 0. The zero-order valence-electron chi connectivity index (χ0n) is 12.1. The Morgan fingerprint density at radius 2 is 1.96 bits per heavy atom. The molecular formula is C16H15N3O4. The molecule has 0 aliphatic rings. The number of nitrogens with one attached hydrogen (secondary N) is 1. The van der Waals surface area contributed by atoms with Gasteiger partial charge in [-0.1, -0.05) is 18.2 Å². The molecule has 3 N–H and O–H groups in total. The van der Waals surface area contributed by atoms with E-state index >= 15 is 0 Å². The van der Waals surface area contributed by atoms with Crippen LogP contribution < -0.4 is 10.2 Å². The van der Waals surface area contributed by atoms with Crippen molar-refractivity contribution < 1.29 is 19.8 Å². The molecular weight excluding hydrogens is 298 g/mol. The second-order valence-corrected chi connectivity index (χ2v) is 5.09. The summed E-state index contributed by atoms with van der Waals surface area (Å²) in [6.45, 7) is 0.153. The minimum Gasteiger partial charge on any atom is -0.710 e. The number of hydrogen-bond acceptors (Lipinski definition) is 4. The van der Waals surface area contributed by atoms with Gasteiger partial charge in [-0.3, -0.25) is 15.5 Å². The zero-order chi connectivity index (χ0) is 16.4. The van der Waals surface area contributed by atoms with Crippen LogP contribution in [0.1, 0.15) is 6.42 Å². The molecule has 23 heavy (non-hydrogen) atoms. The highest BCUT2D eigenvalue weighted by molar-refractivity contribution is 5.80. The first-order valence-corrected chi connectivity index (χ1v) is 7.05. The molecule has 0 atom stereocenters. The van der Waals surface area contributed by atoms with Crippen LogP contribution >= 0.6 is 0 Å². The van der Waals surface area contributed by atoms with Gasteiger partial charge >= 0.3 is 5.97 Å². The second-order valence-electron chi connectivity index (χ2n) is 5.09. The van der Waals surface area contributed by atoms with Gasteiger partial charge in [0.2, 0.25) is 0 Å². The van der Waals surface area contributed by atoms with Gasteiger partial charge in [0.1, 0.15) is 6.54 Å². The summed E-state index contributed by atoms with van der Waals surface area (Å²) in [5.41, 5.74) is 4.12. The lowest BCUT2D eigenvalue weighted by atomic mass is 10.2. The third-order valence-electron chi connectivity index (χ3n) is 3.64. The number of imidazole rings is 1. The SMILES string of the molecule is O=C(O)CCn1c(-c2ccccc2)[n+]([O-])c2ccc(NO)cc21. The Balaban J connectivity index is 2.26. The number of aliphatic carboxylic acids is 1. The predicted molar refractivity (Wildman–Crippen MR) is 84.0 cm³/mol. The third-order valence-corrected chi connectivity index (χ3v) is 3.64. The van der Waals surface area contributed by atoms with Gasteiger partial charge in [0, 0.05) is 6.07 Å². The standard InChI is InChI=1S/C16H15N3O4/c20-15(21)8-9-18-14-10-12(17-22)6-7-13(14)19(23)16(18)11-4-2-1-3-5-11/h1-7,10,17,22H,8-9H2,(H,20,21). The molecule has 7 heteroatoms. The maximum atomic E-state index is 12.7. The van der Waals surface area contributed by atoms with Crippen LogP contribution in [-0.2, 0) is 11.3 Å². The van der Waals surface area contributed by atoms with E-state index in [1.54, 1.807) is 34.9 Å². The number of carbonyl (C=O) groups is 1. The average molecular weight is 313 g/mol. The number of nitrogens with zero attached hydrogens (tertiary/aromatic N) is 2. The van der Waals surface area contributed by atoms with Gasteiger partial charge in [0.05, 0.1) is 17.7 Å². The van der Waals surface area contributed by atoms with Crippen LogP contribution in [0.4, 0.5) is 5.69 Å². The number of rotatable bonds is 5. The van der Waals surface area contributed by atoms with Crippen molar-refractivity contribution in [1.82, 2.24) is 4.57 Å². The number of carboxylic acid groups (broad SMARTS) is 1. The number of fused-ring (bicyclic) bond motifs is 1. The average Bonchev–Trinajstić information content (AvgIpc) is 2.85. The van der Waals surface area contributed by atoms with E-state index in [9.17, 15) is 10.0 Å². The highest BCUT2D eigenvalue weighted by Gasteiger charge is 2.23. The molecule has 2 aromatic carbocycles. The van der Waals surface area contributed by atoms with Gasteiger partial charge in [-0.2, -0.15) is 0 Å². The summed E-state index contributed by atoms with van der Waals surface area (Å²) in [6.07, 6.45) is -0.111. The Hall–Kier alpha value is -3.06. The maximum absolute atomic E-state index is 12.7. The molecule has 0 aliphatic carbocycles. The molecule has 0 fully saturated rings. The smallest absolute Gasteiger partial charge is 0.307 e. The molecule has 0 bridgehead atoms. The highest BCUT2D eigenvalue weighted by Crippen LogP contribution is 2.25. The van der Waals surface area contributed by atoms with Crippen molar-refractivity contribution in [3.63, 3.8) is 0 Å². The van der Waals surface area contributed by atoms with Crippen molar-refractivity contribution in [2.75, 3.05) is 5.48 Å². The largest absolute Gasteiger partial charge is 0.710 e. The van der Waals surface area contributed by atoms with Crippen LogP contribution in [-0.4, -0.2) is 20.9 Å². The van der Waals surface area contributed by atoms with Crippen molar-refractivity contribution in [3.05, 3.63) is 53.7 Å². The van der Waals surface area contributed by atoms with Crippen LogP contribution in [0.5, 0.6) is 0 Å². The van der Waals surface area contributed by atoms with Gasteiger partial charge in [-0.05, 0) is 24.3 Å². The fourth-order valence-electron chi connectivity index (χ4n) is 2.61. The van der Waals surface area contributed by atoms with E-state index in [-0.39, 0.29) is 13.0 Å². The van der Waals surface area contributed by atoms with E-state index in [1.807, 2.05) is 23.7 Å². The molecule has 0 radical (unpaired) electrons. The first-order valence-electron chi connectivity index (χ1n) is 7.05. The molecule has 0 spiro atoms. The second kappa shape index (κ2) is 5.98. The Morgan fingerprint density at radius 1 is 1.22 bits per heavy atom. The lowest BCUT2D eigenvalue weighted by molar-refractivity contribution is -0.565. The molecule has 3 aromatic rings. The van der Waals surface area contributed by atoms with Crippen molar-refractivity contribution in [3.8, 4) is 11.4 Å². The van der Waals surface area contributed by atoms with Crippen LogP contribution in [0.25, 0.3) is 22.4 Å². The van der Waals surface area contributed by atoms with Gasteiger partial charge in [-0.15, -0.1) is 0 Å². The third kappa shape index (κ3) is 2.69. The molecule has 0 saturated carbocycles. The molecule has 0 aliphatic heterocycles. The minimum atomic E-state index is -0.945. The van der Waals surface area contributed by atoms with Crippen molar-refractivity contribution in [2.24, 2.45) is 0 Å². The fourth-order valence-corrected chi connectivity index (χ4v) is 2.61. The number of anilines is 1. The number of aryl methyl sites for hydroxylation is 1. The Bertz CT molecular complexity index is 859. The molecule has 118 valence electrons. The molecule has 0 saturated heterocycles. The van der Waals surface area contributed by atoms with Crippen molar-refractivity contribution in [2.45, 2.75) is 13.0 Å². The normalized spacial score (nSPS) is 10.8. The van der Waals surface area contributed by atoms with E-state index in [2.05, 4.69) is 0 Å². The van der Waals surface area contributed by atoms with E-state index in [0.717, 1.165) is 4.73 Å². The highest BCUT2D eigenvalue weighted by atomic mass is 16.5. The lowest BCUT2D eigenvalue weighted by Gasteiger charge is -2.05. The minimum absolute atomic E-state index is 0.111. The van der Waals surface area contributed by atoms with Crippen LogP contribution in [0.2, 0.25) is 0 Å². The van der Waals surface area contributed by atoms with Gasteiger partial charge in [-0.25, -0.2) is 9.30 Å². The lowest BCUT2D eigenvalue weighted by Crippen LogP contribution is -2.28. The number of aromatic nitrogens is 2. The number of hydrogen-bond donors (Lipinski definition) is 3. The summed E-state index contributed by atoms with van der Waals surface area (Å²) in [5, 5.41) is 30.7. The number of benzene rings is 2. The molecule has 1 heterocycles. The molecule has 7 nitrogen and oxygen atoms in total. The summed E-state index contributed by atoms with van der Waals surface area (Å²) in [6, 6.07) is 13.8. The number of carboxylic acids is 1. The van der Waals surface area contributed by atoms with E-state index < -0.39 is 5.97 Å². The monoisotopic (exact) mass is 313 g/mol. The van der Waals surface area contributed by atoms with E-state index in [4.69, 9.17) is 10.3 Å². The van der Waals surface area contributed by atoms with Gasteiger partial charge in [0.25, 0.3) is 5.82 Å². The summed E-state index contributed by atoms with van der Waals surface area (Å²) in [4.78, 5) is 10.9. The topological polar surface area (TPSA) is 101 Å². The van der Waals surface area contributed by atoms with Gasteiger partial charge in [0.15, 0.2) is 11.0 Å². The van der Waals surface area contributed by atoms with Gasteiger partial charge < -0.3 is 10.3 Å². The summed E-state index contributed by atoms with van der Waals surface area (Å²) in [5.74, 6) is -0.573. The van der Waals surface area contributed by atoms with Crippen molar-refractivity contribution >= 4 is 22.7 Å². The summed E-state index contributed by atoms with van der Waals surface area (Å²) < 4.78 is 2.44. The quantitative estimate of drug-likeness (QED) is 0.381. The first-order chi connectivity index (χ1) is 11.1. The summed E-state index contributed by atoms with van der Waals surface area (Å²) in [7, 11) is 0.